The largest absolute Gasteiger partial charge is 0.390 e. The highest BCUT2D eigenvalue weighted by Gasteiger charge is 2.28. The summed E-state index contributed by atoms with van der Waals surface area (Å²) in [5.74, 6) is 0. The Morgan fingerprint density at radius 1 is 0.800 bits per heavy atom. The van der Waals surface area contributed by atoms with Crippen LogP contribution in [0, 0.1) is 0 Å². The Balaban J connectivity index is 1.62. The summed E-state index contributed by atoms with van der Waals surface area (Å²) in [6.07, 6.45) is 16.7. The second-order valence-electron chi connectivity index (χ2n) is 6.50. The summed E-state index contributed by atoms with van der Waals surface area (Å²) in [7, 11) is 0. The Morgan fingerprint density at radius 2 is 1.30 bits per heavy atom. The van der Waals surface area contributed by atoms with E-state index in [9.17, 15) is 5.11 Å². The first-order valence-electron chi connectivity index (χ1n) is 8.32. The maximum atomic E-state index is 10.4. The number of aliphatic hydroxyl groups is 1. The number of hydrogen-bond acceptors (Lipinski definition) is 3. The van der Waals surface area contributed by atoms with E-state index in [4.69, 9.17) is 0 Å². The fraction of sp³-hybridized carbons (Fsp3) is 0.765. The van der Waals surface area contributed by atoms with Gasteiger partial charge in [-0.05, 0) is 38.5 Å². The molecule has 0 spiro atoms. The summed E-state index contributed by atoms with van der Waals surface area (Å²) in [6, 6.07) is 1.11. The molecule has 2 aliphatic carbocycles. The predicted molar refractivity (Wildman–Crippen MR) is 82.7 cm³/mol. The van der Waals surface area contributed by atoms with Gasteiger partial charge in [0.15, 0.2) is 0 Å². The van der Waals surface area contributed by atoms with Crippen LogP contribution in [0.15, 0.2) is 24.3 Å². The van der Waals surface area contributed by atoms with Crippen molar-refractivity contribution in [3.05, 3.63) is 24.3 Å². The molecule has 1 N–H and O–H groups in total. The van der Waals surface area contributed by atoms with Crippen LogP contribution < -0.4 is 0 Å². The van der Waals surface area contributed by atoms with Crippen molar-refractivity contribution in [1.82, 2.24) is 9.80 Å². The lowest BCUT2D eigenvalue weighted by Gasteiger charge is -2.32. The second kappa shape index (κ2) is 6.88. The van der Waals surface area contributed by atoms with Gasteiger partial charge in [0.25, 0.3) is 0 Å². The molecule has 3 heteroatoms. The highest BCUT2D eigenvalue weighted by atomic mass is 16.3. The molecule has 3 rings (SSSR count). The van der Waals surface area contributed by atoms with Gasteiger partial charge >= 0.3 is 0 Å². The molecule has 0 aromatic carbocycles. The van der Waals surface area contributed by atoms with Crippen molar-refractivity contribution < 1.29 is 5.11 Å². The Morgan fingerprint density at radius 3 is 1.70 bits per heavy atom. The molecule has 0 aromatic rings. The molecule has 1 heterocycles. The molecule has 1 aliphatic heterocycles. The van der Waals surface area contributed by atoms with Gasteiger partial charge in [0.05, 0.1) is 6.10 Å². The average Bonchev–Trinajstić information content (AvgIpc) is 2.71. The van der Waals surface area contributed by atoms with Crippen LogP contribution >= 0.6 is 0 Å². The Labute approximate surface area is 122 Å². The zero-order chi connectivity index (χ0) is 13.8. The van der Waals surface area contributed by atoms with Crippen LogP contribution in [0.3, 0.4) is 0 Å². The van der Waals surface area contributed by atoms with Crippen LogP contribution in [0.2, 0.25) is 0 Å². The molecule has 3 aliphatic rings. The minimum atomic E-state index is -0.205. The summed E-state index contributed by atoms with van der Waals surface area (Å²) in [5, 5.41) is 10.4. The van der Waals surface area contributed by atoms with Crippen molar-refractivity contribution in [3.63, 3.8) is 0 Å². The third kappa shape index (κ3) is 3.51. The number of nitrogens with zero attached hydrogens (tertiary/aromatic N) is 2. The highest BCUT2D eigenvalue weighted by molar-refractivity contribution is 5.02. The van der Waals surface area contributed by atoms with E-state index in [-0.39, 0.29) is 6.10 Å². The van der Waals surface area contributed by atoms with Crippen molar-refractivity contribution in [2.24, 2.45) is 0 Å². The molecule has 0 aromatic heterocycles. The molecule has 0 radical (unpaired) electrons. The molecule has 0 bridgehead atoms. The van der Waals surface area contributed by atoms with Crippen molar-refractivity contribution in [2.75, 3.05) is 26.2 Å². The SMILES string of the molecule is OC1CN([C@@H]2C=CCCC2)CCN([C@@H]2C=CCCC2)C1. The van der Waals surface area contributed by atoms with Gasteiger partial charge in [0.1, 0.15) is 0 Å². The lowest BCUT2D eigenvalue weighted by Crippen LogP contribution is -2.40. The van der Waals surface area contributed by atoms with Gasteiger partial charge in [-0.2, -0.15) is 0 Å². The van der Waals surface area contributed by atoms with Crippen molar-refractivity contribution in [1.29, 1.82) is 0 Å². The fourth-order valence-corrected chi connectivity index (χ4v) is 3.84. The van der Waals surface area contributed by atoms with Crippen LogP contribution in [-0.2, 0) is 0 Å². The van der Waals surface area contributed by atoms with E-state index in [1.165, 1.54) is 38.5 Å². The molecule has 20 heavy (non-hydrogen) atoms. The lowest BCUT2D eigenvalue weighted by atomic mass is 10.0. The third-order valence-corrected chi connectivity index (χ3v) is 4.96. The smallest absolute Gasteiger partial charge is 0.0794 e. The van der Waals surface area contributed by atoms with E-state index >= 15 is 0 Å². The number of rotatable bonds is 2. The number of β-amino-alcohol motifs (C(OH)–C–C–N with tert-alkyl or cyclic N) is 1. The van der Waals surface area contributed by atoms with Crippen LogP contribution in [-0.4, -0.2) is 59.3 Å². The zero-order valence-electron chi connectivity index (χ0n) is 12.5. The molecule has 0 unspecified atom stereocenters. The van der Waals surface area contributed by atoms with E-state index in [0.29, 0.717) is 12.1 Å². The maximum Gasteiger partial charge on any atom is 0.0794 e. The van der Waals surface area contributed by atoms with E-state index in [1.54, 1.807) is 0 Å². The molecular weight excluding hydrogens is 248 g/mol. The van der Waals surface area contributed by atoms with Crippen molar-refractivity contribution >= 4 is 0 Å². The standard InChI is InChI=1S/C17H28N2O/c20-17-13-18(15-7-3-1-4-8-15)11-12-19(14-17)16-9-5-2-6-10-16/h3,5,7,9,15-17,20H,1-2,4,6,8,10-14H2/t15-,16-/m1/s1. The predicted octanol–water partition coefficient (Wildman–Crippen LogP) is 2.18. The monoisotopic (exact) mass is 276 g/mol. The van der Waals surface area contributed by atoms with Crippen LogP contribution in [0.25, 0.3) is 0 Å². The lowest BCUT2D eigenvalue weighted by molar-refractivity contribution is 0.0923. The first kappa shape index (κ1) is 14.3. The molecular formula is C17H28N2O. The number of aliphatic hydroxyl groups excluding tert-OH is 1. The van der Waals surface area contributed by atoms with Crippen molar-refractivity contribution in [2.45, 2.75) is 56.7 Å². The average molecular weight is 276 g/mol. The van der Waals surface area contributed by atoms with E-state index < -0.39 is 0 Å². The first-order chi connectivity index (χ1) is 9.83. The van der Waals surface area contributed by atoms with Gasteiger partial charge in [0, 0.05) is 38.3 Å². The van der Waals surface area contributed by atoms with Gasteiger partial charge in [-0.25, -0.2) is 0 Å². The second-order valence-corrected chi connectivity index (χ2v) is 6.50. The summed E-state index contributed by atoms with van der Waals surface area (Å²) < 4.78 is 0. The van der Waals surface area contributed by atoms with Crippen molar-refractivity contribution in [3.8, 4) is 0 Å². The fourth-order valence-electron chi connectivity index (χ4n) is 3.84. The van der Waals surface area contributed by atoms with Gasteiger partial charge in [0.2, 0.25) is 0 Å². The van der Waals surface area contributed by atoms with E-state index in [0.717, 1.165) is 26.2 Å². The quantitative estimate of drug-likeness (QED) is 0.783. The van der Waals surface area contributed by atoms with Gasteiger partial charge in [-0.3, -0.25) is 9.80 Å². The molecule has 0 amide bonds. The zero-order valence-corrected chi connectivity index (χ0v) is 12.5. The van der Waals surface area contributed by atoms with Gasteiger partial charge < -0.3 is 5.11 Å². The minimum absolute atomic E-state index is 0.205. The minimum Gasteiger partial charge on any atom is -0.390 e. The van der Waals surface area contributed by atoms with Crippen LogP contribution in [0.1, 0.15) is 38.5 Å². The summed E-state index contributed by atoms with van der Waals surface area (Å²) in [4.78, 5) is 4.99. The van der Waals surface area contributed by atoms with E-state index in [1.807, 2.05) is 0 Å². The molecule has 2 atom stereocenters. The van der Waals surface area contributed by atoms with Gasteiger partial charge in [-0.1, -0.05) is 24.3 Å². The summed E-state index contributed by atoms with van der Waals surface area (Å²) in [5.41, 5.74) is 0. The molecule has 0 saturated carbocycles. The Kier molecular flexibility index (Phi) is 4.92. The normalized spacial score (nSPS) is 34.2. The summed E-state index contributed by atoms with van der Waals surface area (Å²) >= 11 is 0. The number of hydrogen-bond donors (Lipinski definition) is 1. The molecule has 112 valence electrons. The Bertz CT molecular complexity index is 332. The van der Waals surface area contributed by atoms with E-state index in [2.05, 4.69) is 34.1 Å². The molecule has 3 nitrogen and oxygen atoms in total. The van der Waals surface area contributed by atoms with Crippen LogP contribution in [0.4, 0.5) is 0 Å². The topological polar surface area (TPSA) is 26.7 Å². The van der Waals surface area contributed by atoms with Gasteiger partial charge in [-0.15, -0.1) is 0 Å². The third-order valence-electron chi connectivity index (χ3n) is 4.96. The summed E-state index contributed by atoms with van der Waals surface area (Å²) in [6.45, 7) is 3.86. The van der Waals surface area contributed by atoms with Crippen LogP contribution in [0.5, 0.6) is 0 Å². The Hall–Kier alpha value is -0.640. The molecule has 1 saturated heterocycles. The highest BCUT2D eigenvalue weighted by Crippen LogP contribution is 2.21. The maximum absolute atomic E-state index is 10.4. The number of allylic oxidation sites excluding steroid dienone is 2. The molecule has 1 fully saturated rings. The first-order valence-corrected chi connectivity index (χ1v) is 8.32.